The molecule has 0 saturated heterocycles. The molecule has 0 heterocycles. The van der Waals surface area contributed by atoms with Gasteiger partial charge < -0.3 is 14.2 Å². The average Bonchev–Trinajstić information content (AvgIpc) is 2.52. The summed E-state index contributed by atoms with van der Waals surface area (Å²) < 4.78 is 16.9. The minimum atomic E-state index is 0. The number of hydrogen-bond donors (Lipinski definition) is 0. The van der Waals surface area contributed by atoms with Crippen molar-refractivity contribution in [3.8, 4) is 17.2 Å². The molecule has 2 aromatic rings. The summed E-state index contributed by atoms with van der Waals surface area (Å²) in [5.74, 6) is 2.35. The van der Waals surface area contributed by atoms with Gasteiger partial charge in [0.1, 0.15) is 5.75 Å². The van der Waals surface area contributed by atoms with Crippen LogP contribution in [0.15, 0.2) is 36.4 Å². The molecule has 0 bridgehead atoms. The Morgan fingerprint density at radius 2 is 1.45 bits per heavy atom. The number of hydrogen-bond acceptors (Lipinski definition) is 3. The van der Waals surface area contributed by atoms with Crippen LogP contribution in [0.3, 0.4) is 0 Å². The van der Waals surface area contributed by atoms with Crippen molar-refractivity contribution in [2.75, 3.05) is 21.3 Å². The number of ether oxygens (including phenoxy) is 3. The van der Waals surface area contributed by atoms with Gasteiger partial charge >= 0.3 is 0 Å². The zero-order valence-corrected chi connectivity index (χ0v) is 17.4. The van der Waals surface area contributed by atoms with Gasteiger partial charge in [0.2, 0.25) is 0 Å². The molecule has 0 aromatic heterocycles. The third-order valence-corrected chi connectivity index (χ3v) is 3.84. The van der Waals surface area contributed by atoms with Crippen molar-refractivity contribution in [1.82, 2.24) is 0 Å². The van der Waals surface area contributed by atoms with E-state index in [1.807, 2.05) is 36.4 Å². The van der Waals surface area contributed by atoms with E-state index in [0.717, 1.165) is 31.9 Å². The van der Waals surface area contributed by atoms with E-state index >= 15 is 0 Å². The van der Waals surface area contributed by atoms with E-state index in [9.17, 15) is 0 Å². The third kappa shape index (κ3) is 4.91. The minimum Gasteiger partial charge on any atom is -0.497 e. The molecule has 0 fully saturated rings. The molecule has 111 valence electrons. The summed E-state index contributed by atoms with van der Waals surface area (Å²) in [4.78, 5) is 0. The van der Waals surface area contributed by atoms with Crippen LogP contribution in [0.1, 0.15) is 11.1 Å². The van der Waals surface area contributed by atoms with E-state index < -0.39 is 0 Å². The van der Waals surface area contributed by atoms with Crippen LogP contribution in [0.4, 0.5) is 0 Å². The summed E-state index contributed by atoms with van der Waals surface area (Å²) in [6.45, 7) is 0. The second-order valence-electron chi connectivity index (χ2n) is 4.34. The van der Waals surface area contributed by atoms with E-state index in [0.29, 0.717) is 0 Å². The normalized spacial score (nSPS) is 10.2. The van der Waals surface area contributed by atoms with Crippen LogP contribution < -0.4 is 14.2 Å². The average molecular weight is 419 g/mol. The molecule has 5 heteroatoms. The molecule has 0 atom stereocenters. The summed E-state index contributed by atoms with van der Waals surface area (Å²) in [7, 11) is 4.95. The Bertz CT molecular complexity index is 639. The van der Waals surface area contributed by atoms with Crippen LogP contribution in [0.5, 0.6) is 17.2 Å². The second kappa shape index (κ2) is 9.45. The van der Waals surface area contributed by atoms with Crippen LogP contribution in [-0.2, 0) is 0 Å². The van der Waals surface area contributed by atoms with Gasteiger partial charge in [0.05, 0.1) is 24.9 Å². The summed E-state index contributed by atoms with van der Waals surface area (Å²) in [6, 6.07) is 11.9. The summed E-state index contributed by atoms with van der Waals surface area (Å²) in [5.41, 5.74) is 2.17. The molecule has 0 aliphatic heterocycles. The largest absolute Gasteiger partial charge is 0.497 e. The Kier molecular flexibility index (Phi) is 8.31. The first-order chi connectivity index (χ1) is 10.2. The summed E-state index contributed by atoms with van der Waals surface area (Å²) in [6.07, 6.45) is 4.10. The van der Waals surface area contributed by atoms with Crippen LogP contribution in [-0.4, -0.2) is 50.9 Å². The maximum Gasteiger partial charge on any atom is 0.174 e. The molecule has 0 spiro atoms. The standard InChI is InChI=1S/C17H17IO3.Na/c1-19-14-8-6-12(7-9-14)4-5-13-10-15(18)17(21-3)16(11-13)20-2;/h4-11H,1-3H3;. The van der Waals surface area contributed by atoms with E-state index in [1.165, 1.54) is 0 Å². The zero-order valence-electron chi connectivity index (χ0n) is 13.2. The van der Waals surface area contributed by atoms with E-state index in [1.54, 1.807) is 21.3 Å². The first-order valence-electron chi connectivity index (χ1n) is 6.41. The summed E-state index contributed by atoms with van der Waals surface area (Å²) in [5, 5.41) is 0. The van der Waals surface area contributed by atoms with Gasteiger partial charge in [-0.3, -0.25) is 0 Å². The van der Waals surface area contributed by atoms with Crippen molar-refractivity contribution in [1.29, 1.82) is 0 Å². The van der Waals surface area contributed by atoms with Crippen LogP contribution in [0.2, 0.25) is 0 Å². The van der Waals surface area contributed by atoms with Crippen molar-refractivity contribution in [3.05, 3.63) is 51.1 Å². The molecule has 3 nitrogen and oxygen atoms in total. The maximum absolute atomic E-state index is 5.36. The van der Waals surface area contributed by atoms with Gasteiger partial charge in [0, 0.05) is 29.6 Å². The van der Waals surface area contributed by atoms with Crippen molar-refractivity contribution >= 4 is 64.3 Å². The monoisotopic (exact) mass is 419 g/mol. The quantitative estimate of drug-likeness (QED) is 0.415. The van der Waals surface area contributed by atoms with E-state index in [-0.39, 0.29) is 29.6 Å². The van der Waals surface area contributed by atoms with Crippen molar-refractivity contribution < 1.29 is 14.2 Å². The molecular weight excluding hydrogens is 402 g/mol. The van der Waals surface area contributed by atoms with Crippen molar-refractivity contribution in [2.45, 2.75) is 0 Å². The van der Waals surface area contributed by atoms with Crippen molar-refractivity contribution in [3.63, 3.8) is 0 Å². The molecule has 0 N–H and O–H groups in total. The topological polar surface area (TPSA) is 27.7 Å². The van der Waals surface area contributed by atoms with Gasteiger partial charge in [-0.1, -0.05) is 24.3 Å². The number of methoxy groups -OCH3 is 3. The van der Waals surface area contributed by atoms with E-state index in [2.05, 4.69) is 34.7 Å². The molecule has 0 amide bonds. The van der Waals surface area contributed by atoms with Gasteiger partial charge in [0.15, 0.2) is 11.5 Å². The van der Waals surface area contributed by atoms with Crippen molar-refractivity contribution in [2.24, 2.45) is 0 Å². The Morgan fingerprint density at radius 1 is 0.818 bits per heavy atom. The second-order valence-corrected chi connectivity index (χ2v) is 5.51. The van der Waals surface area contributed by atoms with Gasteiger partial charge in [-0.05, 0) is 58.0 Å². The van der Waals surface area contributed by atoms with Crippen LogP contribution >= 0.6 is 22.6 Å². The molecular formula is C17H17INaO3. The number of halogens is 1. The molecule has 0 aliphatic carbocycles. The SMILES string of the molecule is COc1ccc(C=Cc2cc(I)c(OC)c(OC)c2)cc1.[Na]. The molecule has 1 radical (unpaired) electrons. The first kappa shape index (κ1) is 19.4. The third-order valence-electron chi connectivity index (χ3n) is 3.04. The molecule has 2 rings (SSSR count). The molecule has 0 saturated carbocycles. The molecule has 22 heavy (non-hydrogen) atoms. The number of rotatable bonds is 5. The predicted molar refractivity (Wildman–Crippen MR) is 99.9 cm³/mol. The molecule has 0 aliphatic rings. The van der Waals surface area contributed by atoms with Gasteiger partial charge in [-0.2, -0.15) is 0 Å². The van der Waals surface area contributed by atoms with Gasteiger partial charge in [-0.25, -0.2) is 0 Å². The fourth-order valence-corrected chi connectivity index (χ4v) is 2.79. The van der Waals surface area contributed by atoms with E-state index in [4.69, 9.17) is 14.2 Å². The smallest absolute Gasteiger partial charge is 0.174 e. The van der Waals surface area contributed by atoms with Crippen LogP contribution in [0.25, 0.3) is 12.2 Å². The van der Waals surface area contributed by atoms with Crippen LogP contribution in [0, 0.1) is 3.57 Å². The Hall–Kier alpha value is -0.690. The van der Waals surface area contributed by atoms with Gasteiger partial charge in [-0.15, -0.1) is 0 Å². The maximum atomic E-state index is 5.36. The fourth-order valence-electron chi connectivity index (χ4n) is 1.94. The number of benzene rings is 2. The Morgan fingerprint density at radius 3 is 2.00 bits per heavy atom. The predicted octanol–water partition coefficient (Wildman–Crippen LogP) is 4.11. The van der Waals surface area contributed by atoms with Gasteiger partial charge in [0.25, 0.3) is 0 Å². The first-order valence-corrected chi connectivity index (χ1v) is 7.49. The summed E-state index contributed by atoms with van der Waals surface area (Å²) >= 11 is 2.24. The Balaban J connectivity index is 0.00000242. The molecule has 0 unspecified atom stereocenters. The molecule has 2 aromatic carbocycles. The minimum absolute atomic E-state index is 0. The Labute approximate surface area is 167 Å². The fraction of sp³-hybridized carbons (Fsp3) is 0.176. The zero-order chi connectivity index (χ0) is 15.2.